The van der Waals surface area contributed by atoms with Crippen LogP contribution in [0.25, 0.3) is 0 Å². The highest BCUT2D eigenvalue weighted by Gasteiger charge is 2.27. The van der Waals surface area contributed by atoms with Gasteiger partial charge in [-0.1, -0.05) is 26.2 Å². The topological polar surface area (TPSA) is 64.3 Å². The monoisotopic (exact) mass is 276 g/mol. The third-order valence-corrected chi connectivity index (χ3v) is 4.16. The molecular weight excluding hydrogens is 252 g/mol. The fourth-order valence-corrected chi connectivity index (χ4v) is 2.85. The smallest absolute Gasteiger partial charge is 0.251 e. The molecule has 1 aromatic rings. The lowest BCUT2D eigenvalue weighted by Gasteiger charge is -2.33. The Kier molecular flexibility index (Phi) is 4.53. The maximum Gasteiger partial charge on any atom is 0.251 e. The highest BCUT2D eigenvalue weighted by Crippen LogP contribution is 2.35. The molecule has 2 rings (SSSR count). The molecule has 0 aromatic heterocycles. The molecule has 1 fully saturated rings. The zero-order valence-electron chi connectivity index (χ0n) is 12.4. The number of rotatable bonds is 4. The molecule has 0 unspecified atom stereocenters. The van der Waals surface area contributed by atoms with Gasteiger partial charge < -0.3 is 15.8 Å². The summed E-state index contributed by atoms with van der Waals surface area (Å²) in [6.07, 6.45) is 6.22. The van der Waals surface area contributed by atoms with Gasteiger partial charge in [-0.2, -0.15) is 0 Å². The van der Waals surface area contributed by atoms with Crippen molar-refractivity contribution in [2.45, 2.75) is 39.0 Å². The summed E-state index contributed by atoms with van der Waals surface area (Å²) < 4.78 is 5.14. The lowest BCUT2D eigenvalue weighted by atomic mass is 9.76. The molecule has 110 valence electrons. The standard InChI is InChI=1S/C16H24N2O2/c1-16(6-4-3-5-7-16)11-18-15(19)12-8-13(17)10-14(9-12)20-2/h8-10H,3-7,11,17H2,1-2H3,(H,18,19). The summed E-state index contributed by atoms with van der Waals surface area (Å²) in [5, 5.41) is 3.04. The van der Waals surface area contributed by atoms with Crippen LogP contribution < -0.4 is 15.8 Å². The van der Waals surface area contributed by atoms with Gasteiger partial charge in [-0.3, -0.25) is 4.79 Å². The third kappa shape index (κ3) is 3.65. The van der Waals surface area contributed by atoms with Crippen LogP contribution in [0.1, 0.15) is 49.4 Å². The molecule has 1 amide bonds. The quantitative estimate of drug-likeness (QED) is 0.831. The fraction of sp³-hybridized carbons (Fsp3) is 0.562. The minimum atomic E-state index is -0.0811. The molecule has 0 spiro atoms. The molecule has 1 aromatic carbocycles. The van der Waals surface area contributed by atoms with E-state index in [9.17, 15) is 4.79 Å². The first-order valence-electron chi connectivity index (χ1n) is 7.25. The van der Waals surface area contributed by atoms with Crippen molar-refractivity contribution in [3.63, 3.8) is 0 Å². The van der Waals surface area contributed by atoms with Crippen molar-refractivity contribution >= 4 is 11.6 Å². The SMILES string of the molecule is COc1cc(N)cc(C(=O)NCC2(C)CCCCC2)c1. The predicted molar refractivity (Wildman–Crippen MR) is 80.9 cm³/mol. The summed E-state index contributed by atoms with van der Waals surface area (Å²) in [6, 6.07) is 5.11. The van der Waals surface area contributed by atoms with E-state index in [1.54, 1.807) is 25.3 Å². The molecule has 0 aliphatic heterocycles. The van der Waals surface area contributed by atoms with Crippen molar-refractivity contribution in [2.75, 3.05) is 19.4 Å². The number of hydrogen-bond acceptors (Lipinski definition) is 3. The Morgan fingerprint density at radius 3 is 2.65 bits per heavy atom. The average molecular weight is 276 g/mol. The molecule has 1 aliphatic rings. The summed E-state index contributed by atoms with van der Waals surface area (Å²) in [4.78, 5) is 12.2. The Bertz CT molecular complexity index is 479. The van der Waals surface area contributed by atoms with E-state index in [0.717, 1.165) is 6.54 Å². The number of methoxy groups -OCH3 is 1. The lowest BCUT2D eigenvalue weighted by Crippen LogP contribution is -2.37. The van der Waals surface area contributed by atoms with Crippen LogP contribution in [0.4, 0.5) is 5.69 Å². The van der Waals surface area contributed by atoms with Crippen LogP contribution in [0, 0.1) is 5.41 Å². The largest absolute Gasteiger partial charge is 0.497 e. The number of hydrogen-bond donors (Lipinski definition) is 2. The molecule has 1 aliphatic carbocycles. The molecule has 4 nitrogen and oxygen atoms in total. The molecular formula is C16H24N2O2. The maximum absolute atomic E-state index is 12.2. The van der Waals surface area contributed by atoms with Crippen LogP contribution in [0.5, 0.6) is 5.75 Å². The average Bonchev–Trinajstić information content (AvgIpc) is 2.45. The second-order valence-corrected chi connectivity index (χ2v) is 6.05. The maximum atomic E-state index is 12.2. The van der Waals surface area contributed by atoms with E-state index in [1.807, 2.05) is 0 Å². The molecule has 0 heterocycles. The van der Waals surface area contributed by atoms with Crippen LogP contribution in [-0.2, 0) is 0 Å². The van der Waals surface area contributed by atoms with E-state index < -0.39 is 0 Å². The summed E-state index contributed by atoms with van der Waals surface area (Å²) in [7, 11) is 1.57. The zero-order chi connectivity index (χ0) is 14.6. The third-order valence-electron chi connectivity index (χ3n) is 4.16. The lowest BCUT2D eigenvalue weighted by molar-refractivity contribution is 0.0919. The van der Waals surface area contributed by atoms with E-state index in [4.69, 9.17) is 10.5 Å². The predicted octanol–water partition coefficient (Wildman–Crippen LogP) is 2.98. The Hall–Kier alpha value is -1.71. The summed E-state index contributed by atoms with van der Waals surface area (Å²) in [5.74, 6) is 0.529. The molecule has 3 N–H and O–H groups in total. The van der Waals surface area contributed by atoms with E-state index in [2.05, 4.69) is 12.2 Å². The number of nitrogen functional groups attached to an aromatic ring is 1. The fourth-order valence-electron chi connectivity index (χ4n) is 2.85. The van der Waals surface area contributed by atoms with Gasteiger partial charge in [-0.05, 0) is 30.4 Å². The Labute approximate surface area is 120 Å². The first-order chi connectivity index (χ1) is 9.52. The molecule has 0 radical (unpaired) electrons. The molecule has 20 heavy (non-hydrogen) atoms. The van der Waals surface area contributed by atoms with Crippen LogP contribution in [0.15, 0.2) is 18.2 Å². The summed E-state index contributed by atoms with van der Waals surface area (Å²) in [6.45, 7) is 2.98. The van der Waals surface area contributed by atoms with Gasteiger partial charge in [-0.15, -0.1) is 0 Å². The van der Waals surface area contributed by atoms with Gasteiger partial charge in [0.05, 0.1) is 7.11 Å². The number of nitrogens with one attached hydrogen (secondary N) is 1. The minimum Gasteiger partial charge on any atom is -0.497 e. The number of carbonyl (C=O) groups is 1. The van der Waals surface area contributed by atoms with E-state index in [1.165, 1.54) is 32.1 Å². The zero-order valence-corrected chi connectivity index (χ0v) is 12.4. The van der Waals surface area contributed by atoms with Crippen molar-refractivity contribution < 1.29 is 9.53 Å². The van der Waals surface area contributed by atoms with Crippen LogP contribution in [0.2, 0.25) is 0 Å². The highest BCUT2D eigenvalue weighted by molar-refractivity contribution is 5.95. The van der Waals surface area contributed by atoms with Crippen LogP contribution in [0.3, 0.4) is 0 Å². The van der Waals surface area contributed by atoms with Crippen molar-refractivity contribution in [2.24, 2.45) is 5.41 Å². The number of benzene rings is 1. The Balaban J connectivity index is 1.99. The van der Waals surface area contributed by atoms with Crippen LogP contribution in [-0.4, -0.2) is 19.6 Å². The first kappa shape index (κ1) is 14.7. The van der Waals surface area contributed by atoms with Crippen molar-refractivity contribution in [1.29, 1.82) is 0 Å². The second kappa shape index (κ2) is 6.16. The molecule has 1 saturated carbocycles. The van der Waals surface area contributed by atoms with Crippen molar-refractivity contribution in [3.05, 3.63) is 23.8 Å². The number of anilines is 1. The first-order valence-corrected chi connectivity index (χ1v) is 7.25. The van der Waals surface area contributed by atoms with Gasteiger partial charge in [0.2, 0.25) is 0 Å². The molecule has 0 saturated heterocycles. The Morgan fingerprint density at radius 2 is 2.00 bits per heavy atom. The van der Waals surface area contributed by atoms with Crippen molar-refractivity contribution in [3.8, 4) is 5.75 Å². The molecule has 0 bridgehead atoms. The van der Waals surface area contributed by atoms with Gasteiger partial charge in [0.25, 0.3) is 5.91 Å². The number of ether oxygens (including phenoxy) is 1. The summed E-state index contributed by atoms with van der Waals surface area (Å²) in [5.41, 5.74) is 7.11. The van der Waals surface area contributed by atoms with Gasteiger partial charge in [0.15, 0.2) is 0 Å². The molecule has 4 heteroatoms. The van der Waals surface area contributed by atoms with Crippen molar-refractivity contribution in [1.82, 2.24) is 5.32 Å². The summed E-state index contributed by atoms with van der Waals surface area (Å²) >= 11 is 0. The minimum absolute atomic E-state index is 0.0811. The van der Waals surface area contributed by atoms with Gasteiger partial charge in [0.1, 0.15) is 5.75 Å². The second-order valence-electron chi connectivity index (χ2n) is 6.05. The van der Waals surface area contributed by atoms with Gasteiger partial charge in [0, 0.05) is 23.9 Å². The van der Waals surface area contributed by atoms with E-state index in [-0.39, 0.29) is 11.3 Å². The van der Waals surface area contributed by atoms with E-state index >= 15 is 0 Å². The molecule has 0 atom stereocenters. The normalized spacial score (nSPS) is 17.5. The Morgan fingerprint density at radius 1 is 1.30 bits per heavy atom. The van der Waals surface area contributed by atoms with Gasteiger partial charge in [-0.25, -0.2) is 0 Å². The highest BCUT2D eigenvalue weighted by atomic mass is 16.5. The van der Waals surface area contributed by atoms with Gasteiger partial charge >= 0.3 is 0 Å². The number of nitrogens with two attached hydrogens (primary N) is 1. The van der Waals surface area contributed by atoms with Crippen LogP contribution >= 0.6 is 0 Å². The number of amides is 1. The number of carbonyl (C=O) groups excluding carboxylic acids is 1. The van der Waals surface area contributed by atoms with E-state index in [0.29, 0.717) is 17.0 Å².